The number of phenolic OH excluding ortho intramolecular Hbond substituents is 2. The molecular weight excluding hydrogens is 382 g/mol. The zero-order chi connectivity index (χ0) is 21.1. The summed E-state index contributed by atoms with van der Waals surface area (Å²) in [7, 11) is 0. The number of aliphatic hydroxyl groups is 1. The van der Waals surface area contributed by atoms with Crippen LogP contribution in [0.15, 0.2) is 54.3 Å². The summed E-state index contributed by atoms with van der Waals surface area (Å²) in [6.45, 7) is 3.52. The van der Waals surface area contributed by atoms with Gasteiger partial charge in [-0.1, -0.05) is 31.2 Å². The van der Waals surface area contributed by atoms with E-state index in [1.165, 1.54) is 6.07 Å². The third kappa shape index (κ3) is 2.47. The molecule has 1 aliphatic heterocycles. The largest absolute Gasteiger partial charge is 0.504 e. The molecule has 6 nitrogen and oxygen atoms in total. The fourth-order valence-corrected chi connectivity index (χ4v) is 5.71. The molecule has 156 valence electrons. The molecular formula is C24H25NO5. The van der Waals surface area contributed by atoms with Crippen molar-refractivity contribution < 1.29 is 24.9 Å². The van der Waals surface area contributed by atoms with Crippen molar-refractivity contribution in [1.82, 2.24) is 4.90 Å². The Kier molecular flexibility index (Phi) is 4.21. The lowest BCUT2D eigenvalue weighted by atomic mass is 9.50. The highest BCUT2D eigenvalue weighted by molar-refractivity contribution is 5.97. The number of ether oxygens (including phenoxy) is 1. The number of Topliss-reactive ketones (excluding diaryl/α,β-unsaturated/α-hetero) is 1. The number of hydrogen-bond donors (Lipinski definition) is 3. The fraction of sp³-hybridized carbons (Fsp3) is 0.375. The number of phenols is 2. The number of likely N-dealkylation sites (N-methyl/N-ethyl adjacent to an activating group) is 1. The summed E-state index contributed by atoms with van der Waals surface area (Å²) in [5.74, 6) is -0.0217. The van der Waals surface area contributed by atoms with Crippen LogP contribution >= 0.6 is 0 Å². The number of para-hydroxylation sites is 1. The Morgan fingerprint density at radius 3 is 2.67 bits per heavy atom. The van der Waals surface area contributed by atoms with E-state index in [2.05, 4.69) is 11.8 Å². The molecule has 5 rings (SSSR count). The quantitative estimate of drug-likeness (QED) is 0.678. The molecule has 0 amide bonds. The van der Waals surface area contributed by atoms with Crippen LogP contribution in [-0.2, 0) is 16.6 Å². The number of benzene rings is 2. The zero-order valence-electron chi connectivity index (χ0n) is 16.8. The number of carbonyl (C=O) groups excluding carboxylic acids is 1. The molecule has 2 bridgehead atoms. The predicted octanol–water partition coefficient (Wildman–Crippen LogP) is 2.65. The zero-order valence-corrected chi connectivity index (χ0v) is 16.8. The van der Waals surface area contributed by atoms with Gasteiger partial charge in [-0.15, -0.1) is 0 Å². The molecule has 2 aromatic carbocycles. The molecule has 1 fully saturated rings. The van der Waals surface area contributed by atoms with Crippen LogP contribution in [0.5, 0.6) is 17.2 Å². The SMILES string of the molecule is CCN1CC[C@]23CC(=O)C(Oc4ccccc4)=C[C@@]2(O)C1Cc1ccc(O)c(O)c13. The molecule has 3 aliphatic rings. The second-order valence-electron chi connectivity index (χ2n) is 8.50. The average Bonchev–Trinajstić information content (AvgIpc) is 2.72. The maximum atomic E-state index is 13.2. The molecule has 3 atom stereocenters. The van der Waals surface area contributed by atoms with E-state index in [-0.39, 0.29) is 35.5 Å². The van der Waals surface area contributed by atoms with E-state index in [1.807, 2.05) is 18.2 Å². The summed E-state index contributed by atoms with van der Waals surface area (Å²) in [5, 5.41) is 33.1. The van der Waals surface area contributed by atoms with Gasteiger partial charge in [-0.25, -0.2) is 0 Å². The summed E-state index contributed by atoms with van der Waals surface area (Å²) in [6, 6.07) is 12.1. The minimum atomic E-state index is -1.41. The fourth-order valence-electron chi connectivity index (χ4n) is 5.71. The molecule has 2 aromatic rings. The number of fused-ring (bicyclic) bond motifs is 1. The van der Waals surface area contributed by atoms with E-state index < -0.39 is 11.0 Å². The highest BCUT2D eigenvalue weighted by atomic mass is 16.5. The van der Waals surface area contributed by atoms with Crippen LogP contribution in [0.1, 0.15) is 30.9 Å². The number of rotatable bonds is 3. The Morgan fingerprint density at radius 2 is 1.93 bits per heavy atom. The molecule has 1 unspecified atom stereocenters. The van der Waals surface area contributed by atoms with Crippen LogP contribution in [-0.4, -0.2) is 50.7 Å². The van der Waals surface area contributed by atoms with Crippen LogP contribution in [0.25, 0.3) is 0 Å². The van der Waals surface area contributed by atoms with E-state index in [1.54, 1.807) is 24.3 Å². The summed E-state index contributed by atoms with van der Waals surface area (Å²) in [4.78, 5) is 15.4. The number of allylic oxidation sites excluding steroid dienone is 1. The van der Waals surface area contributed by atoms with Gasteiger partial charge in [-0.05, 0) is 55.8 Å². The van der Waals surface area contributed by atoms with Gasteiger partial charge in [0.25, 0.3) is 0 Å². The van der Waals surface area contributed by atoms with Gasteiger partial charge in [0.1, 0.15) is 11.4 Å². The standard InChI is InChI=1S/C24H25NO5/c1-2-25-11-10-23-13-18(27)19(30-16-6-4-3-5-7-16)14-24(23,29)20(25)12-15-8-9-17(26)22(28)21(15)23/h3-9,14,20,26,28-29H,2,10-13H2,1H3/t20?,23-,24-/m1/s1. The lowest BCUT2D eigenvalue weighted by Gasteiger charge is -2.61. The van der Waals surface area contributed by atoms with Crippen LogP contribution < -0.4 is 4.74 Å². The molecule has 0 radical (unpaired) electrons. The predicted molar refractivity (Wildman–Crippen MR) is 111 cm³/mol. The number of ketones is 1. The molecule has 0 spiro atoms. The lowest BCUT2D eigenvalue weighted by molar-refractivity contribution is -0.142. The van der Waals surface area contributed by atoms with Crippen molar-refractivity contribution in [3.63, 3.8) is 0 Å². The topological polar surface area (TPSA) is 90.2 Å². The number of hydrogen-bond acceptors (Lipinski definition) is 6. The number of aromatic hydroxyl groups is 2. The van der Waals surface area contributed by atoms with Crippen molar-refractivity contribution in [3.8, 4) is 17.2 Å². The molecule has 0 saturated carbocycles. The van der Waals surface area contributed by atoms with Gasteiger partial charge >= 0.3 is 0 Å². The first-order valence-electron chi connectivity index (χ1n) is 10.4. The van der Waals surface area contributed by atoms with Crippen molar-refractivity contribution in [2.45, 2.75) is 43.2 Å². The Balaban J connectivity index is 1.70. The summed E-state index contributed by atoms with van der Waals surface area (Å²) < 4.78 is 5.88. The first kappa shape index (κ1) is 19.2. The first-order chi connectivity index (χ1) is 14.4. The second kappa shape index (κ2) is 6.59. The smallest absolute Gasteiger partial charge is 0.198 e. The van der Waals surface area contributed by atoms with Gasteiger partial charge in [0.15, 0.2) is 23.0 Å². The lowest BCUT2D eigenvalue weighted by Crippen LogP contribution is -2.72. The normalized spacial score (nSPS) is 30.3. The molecule has 1 heterocycles. The molecule has 0 aromatic heterocycles. The first-order valence-corrected chi connectivity index (χ1v) is 10.4. The van der Waals surface area contributed by atoms with Crippen molar-refractivity contribution in [3.05, 3.63) is 65.4 Å². The summed E-state index contributed by atoms with van der Waals surface area (Å²) in [5.41, 5.74) is -1.04. The number of piperidine rings is 1. The third-order valence-corrected chi connectivity index (χ3v) is 7.14. The Hall–Kier alpha value is -2.83. The van der Waals surface area contributed by atoms with Crippen LogP contribution in [0, 0.1) is 0 Å². The Morgan fingerprint density at radius 1 is 1.17 bits per heavy atom. The third-order valence-electron chi connectivity index (χ3n) is 7.14. The van der Waals surface area contributed by atoms with E-state index in [0.29, 0.717) is 30.7 Å². The Bertz CT molecular complexity index is 1050. The highest BCUT2D eigenvalue weighted by Crippen LogP contribution is 2.59. The number of nitrogens with zero attached hydrogens (tertiary/aromatic N) is 1. The maximum absolute atomic E-state index is 13.2. The second-order valence-corrected chi connectivity index (χ2v) is 8.50. The van der Waals surface area contributed by atoms with E-state index >= 15 is 0 Å². The molecule has 2 aliphatic carbocycles. The van der Waals surface area contributed by atoms with Gasteiger partial charge in [-0.3, -0.25) is 9.69 Å². The Labute approximate surface area is 175 Å². The minimum Gasteiger partial charge on any atom is -0.504 e. The van der Waals surface area contributed by atoms with Crippen molar-refractivity contribution >= 4 is 5.78 Å². The monoisotopic (exact) mass is 407 g/mol. The van der Waals surface area contributed by atoms with Crippen LogP contribution in [0.2, 0.25) is 0 Å². The van der Waals surface area contributed by atoms with Crippen molar-refractivity contribution in [2.24, 2.45) is 0 Å². The van der Waals surface area contributed by atoms with Gasteiger partial charge in [0.2, 0.25) is 0 Å². The summed E-state index contributed by atoms with van der Waals surface area (Å²) in [6.07, 6.45) is 2.59. The highest BCUT2D eigenvalue weighted by Gasteiger charge is 2.65. The van der Waals surface area contributed by atoms with E-state index in [0.717, 1.165) is 12.1 Å². The van der Waals surface area contributed by atoms with Gasteiger partial charge in [0, 0.05) is 23.4 Å². The van der Waals surface area contributed by atoms with Gasteiger partial charge < -0.3 is 20.1 Å². The summed E-state index contributed by atoms with van der Waals surface area (Å²) >= 11 is 0. The van der Waals surface area contributed by atoms with Crippen molar-refractivity contribution in [2.75, 3.05) is 13.1 Å². The molecule has 1 saturated heterocycles. The van der Waals surface area contributed by atoms with E-state index in [9.17, 15) is 20.1 Å². The molecule has 30 heavy (non-hydrogen) atoms. The van der Waals surface area contributed by atoms with Gasteiger partial charge in [-0.2, -0.15) is 0 Å². The average molecular weight is 407 g/mol. The van der Waals surface area contributed by atoms with Gasteiger partial charge in [0.05, 0.1) is 0 Å². The number of carbonyl (C=O) groups is 1. The van der Waals surface area contributed by atoms with Crippen LogP contribution in [0.4, 0.5) is 0 Å². The van der Waals surface area contributed by atoms with Crippen LogP contribution in [0.3, 0.4) is 0 Å². The van der Waals surface area contributed by atoms with E-state index in [4.69, 9.17) is 4.74 Å². The van der Waals surface area contributed by atoms with Crippen molar-refractivity contribution in [1.29, 1.82) is 0 Å². The maximum Gasteiger partial charge on any atom is 0.198 e. The minimum absolute atomic E-state index is 0.0141. The molecule has 6 heteroatoms. The molecule has 3 N–H and O–H groups in total. The number of likely N-dealkylation sites (tertiary alicyclic amines) is 1.